The van der Waals surface area contributed by atoms with Gasteiger partial charge >= 0.3 is 0 Å². The molecule has 1 atom stereocenters. The van der Waals surface area contributed by atoms with Crippen LogP contribution >= 0.6 is 12.4 Å². The smallest absolute Gasteiger partial charge is 0.227 e. The molecule has 2 N–H and O–H groups in total. The quantitative estimate of drug-likeness (QED) is 0.871. The molecule has 0 radical (unpaired) electrons. The number of nitrogens with one attached hydrogen (secondary N) is 2. The van der Waals surface area contributed by atoms with Crippen molar-refractivity contribution in [1.82, 2.24) is 15.1 Å². The highest BCUT2D eigenvalue weighted by atomic mass is 35.5. The number of hydrogen-bond acceptors (Lipinski definition) is 4. The third-order valence-electron chi connectivity index (χ3n) is 3.59. The molecule has 3 rings (SSSR count). The fourth-order valence-electron chi connectivity index (χ4n) is 2.49. The number of carbonyl (C=O) groups excluding carboxylic acids is 1. The summed E-state index contributed by atoms with van der Waals surface area (Å²) in [5, 5.41) is 10.5. The van der Waals surface area contributed by atoms with Crippen molar-refractivity contribution in [3.63, 3.8) is 0 Å². The van der Waals surface area contributed by atoms with Crippen molar-refractivity contribution in [2.75, 3.05) is 25.1 Å². The molecular weight excluding hydrogens is 316 g/mol. The van der Waals surface area contributed by atoms with Crippen LogP contribution in [0, 0.1) is 0 Å². The minimum absolute atomic E-state index is 0. The Labute approximate surface area is 141 Å². The summed E-state index contributed by atoms with van der Waals surface area (Å²) >= 11 is 0. The fraction of sp³-hybridized carbons (Fsp3) is 0.375. The molecule has 7 heteroatoms. The number of aromatic nitrogens is 2. The minimum atomic E-state index is -0.0298. The summed E-state index contributed by atoms with van der Waals surface area (Å²) in [6.45, 7) is 2.72. The third-order valence-corrected chi connectivity index (χ3v) is 3.59. The molecule has 2 aromatic rings. The maximum Gasteiger partial charge on any atom is 0.227 e. The van der Waals surface area contributed by atoms with Crippen LogP contribution in [0.1, 0.15) is 12.0 Å². The Morgan fingerprint density at radius 2 is 2.17 bits per heavy atom. The highest BCUT2D eigenvalue weighted by molar-refractivity contribution is 5.90. The average Bonchev–Trinajstić information content (AvgIpc) is 2.96. The van der Waals surface area contributed by atoms with Gasteiger partial charge in [-0.1, -0.05) is 30.3 Å². The molecule has 2 heterocycles. The summed E-state index contributed by atoms with van der Waals surface area (Å²) in [6, 6.07) is 11.9. The molecule has 1 aromatic carbocycles. The van der Waals surface area contributed by atoms with Crippen LogP contribution in [0.5, 0.6) is 0 Å². The van der Waals surface area contributed by atoms with Gasteiger partial charge in [-0.3, -0.25) is 4.79 Å². The number of anilines is 1. The van der Waals surface area contributed by atoms with Gasteiger partial charge in [-0.15, -0.1) is 12.4 Å². The summed E-state index contributed by atoms with van der Waals surface area (Å²) in [7, 11) is 0. The van der Waals surface area contributed by atoms with Crippen LogP contribution < -0.4 is 10.6 Å². The first-order valence-corrected chi connectivity index (χ1v) is 7.48. The van der Waals surface area contributed by atoms with E-state index in [1.807, 2.05) is 36.4 Å². The standard InChI is InChI=1S/C16H20N4O2.ClH/c21-16(10-14-12-22-9-8-17-14)19-15-6-7-18-20(15)11-13-4-2-1-3-5-13;/h1-7,14,17H,8-12H2,(H,19,21);1H. The van der Waals surface area contributed by atoms with Crippen molar-refractivity contribution in [2.24, 2.45) is 0 Å². The van der Waals surface area contributed by atoms with E-state index in [1.54, 1.807) is 10.9 Å². The number of carbonyl (C=O) groups is 1. The zero-order chi connectivity index (χ0) is 15.2. The Hall–Kier alpha value is -1.89. The van der Waals surface area contributed by atoms with Crippen LogP contribution in [0.25, 0.3) is 0 Å². The van der Waals surface area contributed by atoms with E-state index < -0.39 is 0 Å². The van der Waals surface area contributed by atoms with Crippen molar-refractivity contribution in [2.45, 2.75) is 19.0 Å². The number of halogens is 1. The minimum Gasteiger partial charge on any atom is -0.378 e. The number of ether oxygens (including phenoxy) is 1. The van der Waals surface area contributed by atoms with Gasteiger partial charge in [0.05, 0.1) is 26.0 Å². The topological polar surface area (TPSA) is 68.2 Å². The highest BCUT2D eigenvalue weighted by Crippen LogP contribution is 2.11. The van der Waals surface area contributed by atoms with Crippen LogP contribution in [-0.2, 0) is 16.1 Å². The first-order chi connectivity index (χ1) is 10.8. The molecule has 0 aliphatic carbocycles. The summed E-state index contributed by atoms with van der Waals surface area (Å²) < 4.78 is 7.15. The molecule has 1 aromatic heterocycles. The Balaban J connectivity index is 0.00000192. The van der Waals surface area contributed by atoms with Crippen molar-refractivity contribution in [3.05, 3.63) is 48.2 Å². The van der Waals surface area contributed by atoms with Gasteiger partial charge in [0.15, 0.2) is 0 Å². The second-order valence-electron chi connectivity index (χ2n) is 5.34. The second kappa shape index (κ2) is 8.67. The lowest BCUT2D eigenvalue weighted by molar-refractivity contribution is -0.117. The van der Waals surface area contributed by atoms with Gasteiger partial charge in [0.1, 0.15) is 5.82 Å². The van der Waals surface area contributed by atoms with E-state index in [0.29, 0.717) is 32.0 Å². The van der Waals surface area contributed by atoms with Gasteiger partial charge in [0, 0.05) is 25.1 Å². The zero-order valence-corrected chi connectivity index (χ0v) is 13.6. The van der Waals surface area contributed by atoms with E-state index in [-0.39, 0.29) is 24.4 Å². The first-order valence-electron chi connectivity index (χ1n) is 7.48. The molecule has 1 unspecified atom stereocenters. The number of morpholine rings is 1. The Morgan fingerprint density at radius 1 is 1.35 bits per heavy atom. The lowest BCUT2D eigenvalue weighted by Gasteiger charge is -2.23. The first kappa shape index (κ1) is 17.5. The summed E-state index contributed by atoms with van der Waals surface area (Å²) in [5.74, 6) is 0.684. The normalized spacial score (nSPS) is 17.3. The second-order valence-corrected chi connectivity index (χ2v) is 5.34. The van der Waals surface area contributed by atoms with E-state index in [0.717, 1.165) is 12.1 Å². The van der Waals surface area contributed by atoms with E-state index in [1.165, 1.54) is 0 Å². The molecule has 1 amide bonds. The highest BCUT2D eigenvalue weighted by Gasteiger charge is 2.17. The number of hydrogen-bond donors (Lipinski definition) is 2. The molecule has 1 saturated heterocycles. The maximum absolute atomic E-state index is 12.1. The molecule has 0 saturated carbocycles. The molecule has 0 bridgehead atoms. The summed E-state index contributed by atoms with van der Waals surface area (Å²) in [5.41, 5.74) is 1.14. The molecule has 1 aliphatic heterocycles. The monoisotopic (exact) mass is 336 g/mol. The van der Waals surface area contributed by atoms with Crippen molar-refractivity contribution in [1.29, 1.82) is 0 Å². The van der Waals surface area contributed by atoms with Crippen LogP contribution in [0.15, 0.2) is 42.6 Å². The average molecular weight is 337 g/mol. The fourth-order valence-corrected chi connectivity index (χ4v) is 2.49. The van der Waals surface area contributed by atoms with Gasteiger partial charge in [0.2, 0.25) is 5.91 Å². The van der Waals surface area contributed by atoms with Gasteiger partial charge in [-0.25, -0.2) is 4.68 Å². The van der Waals surface area contributed by atoms with Crippen LogP contribution in [-0.4, -0.2) is 41.5 Å². The zero-order valence-electron chi connectivity index (χ0n) is 12.8. The van der Waals surface area contributed by atoms with Gasteiger partial charge in [-0.2, -0.15) is 5.10 Å². The van der Waals surface area contributed by atoms with Gasteiger partial charge in [0.25, 0.3) is 0 Å². The number of benzene rings is 1. The van der Waals surface area contributed by atoms with Gasteiger partial charge in [-0.05, 0) is 5.56 Å². The molecular formula is C16H21ClN4O2. The Kier molecular flexibility index (Phi) is 6.58. The van der Waals surface area contributed by atoms with Crippen LogP contribution in [0.3, 0.4) is 0 Å². The van der Waals surface area contributed by atoms with Crippen molar-refractivity contribution in [3.8, 4) is 0 Å². The van der Waals surface area contributed by atoms with Gasteiger partial charge < -0.3 is 15.4 Å². The third kappa shape index (κ3) is 5.06. The number of nitrogens with zero attached hydrogens (tertiary/aromatic N) is 2. The van der Waals surface area contributed by atoms with E-state index in [4.69, 9.17) is 4.74 Å². The maximum atomic E-state index is 12.1. The van der Waals surface area contributed by atoms with E-state index in [2.05, 4.69) is 15.7 Å². The molecule has 6 nitrogen and oxygen atoms in total. The summed E-state index contributed by atoms with van der Waals surface area (Å²) in [4.78, 5) is 12.1. The number of amides is 1. The number of rotatable bonds is 5. The lowest BCUT2D eigenvalue weighted by Crippen LogP contribution is -2.43. The predicted octanol–water partition coefficient (Wildman–Crippen LogP) is 1.67. The van der Waals surface area contributed by atoms with Crippen molar-refractivity contribution >= 4 is 24.1 Å². The molecule has 0 spiro atoms. The largest absolute Gasteiger partial charge is 0.378 e. The van der Waals surface area contributed by atoms with Crippen LogP contribution in [0.2, 0.25) is 0 Å². The lowest BCUT2D eigenvalue weighted by atomic mass is 10.2. The Bertz CT molecular complexity index is 612. The molecule has 1 aliphatic rings. The van der Waals surface area contributed by atoms with E-state index >= 15 is 0 Å². The van der Waals surface area contributed by atoms with Crippen LogP contribution in [0.4, 0.5) is 5.82 Å². The molecule has 124 valence electrons. The van der Waals surface area contributed by atoms with Crippen molar-refractivity contribution < 1.29 is 9.53 Å². The summed E-state index contributed by atoms with van der Waals surface area (Å²) in [6.07, 6.45) is 2.09. The Morgan fingerprint density at radius 3 is 2.91 bits per heavy atom. The van der Waals surface area contributed by atoms with E-state index in [9.17, 15) is 4.79 Å². The predicted molar refractivity (Wildman–Crippen MR) is 90.9 cm³/mol. The molecule has 1 fully saturated rings. The molecule has 23 heavy (non-hydrogen) atoms. The SMILES string of the molecule is Cl.O=C(CC1COCCN1)Nc1ccnn1Cc1ccccc1.